The average Bonchev–Trinajstić information content (AvgIpc) is 2.78. The molecule has 2 aromatic rings. The maximum Gasteiger partial charge on any atom is 0.225 e. The van der Waals surface area contributed by atoms with Crippen LogP contribution in [0.15, 0.2) is 28.8 Å². The van der Waals surface area contributed by atoms with Gasteiger partial charge in [0.15, 0.2) is 0 Å². The summed E-state index contributed by atoms with van der Waals surface area (Å²) in [5, 5.41) is 6.95. The van der Waals surface area contributed by atoms with Crippen molar-refractivity contribution in [2.45, 2.75) is 53.5 Å². The molecule has 5 heteroatoms. The number of aryl methyl sites for hydroxylation is 2. The Morgan fingerprint density at radius 2 is 1.88 bits per heavy atom. The Kier molecular flexibility index (Phi) is 5.42. The largest absolute Gasteiger partial charge is 0.361 e. The molecule has 0 aliphatic rings. The van der Waals surface area contributed by atoms with E-state index in [0.717, 1.165) is 23.2 Å². The van der Waals surface area contributed by atoms with Crippen LogP contribution in [0.4, 0.5) is 4.39 Å². The van der Waals surface area contributed by atoms with Crippen LogP contribution in [-0.4, -0.2) is 11.1 Å². The minimum atomic E-state index is -0.282. The van der Waals surface area contributed by atoms with Gasteiger partial charge in [-0.2, -0.15) is 0 Å². The molecule has 0 radical (unpaired) electrons. The molecule has 24 heavy (non-hydrogen) atoms. The minimum Gasteiger partial charge on any atom is -0.361 e. The molecule has 0 aliphatic heterocycles. The van der Waals surface area contributed by atoms with Crippen LogP contribution in [0.3, 0.4) is 0 Å². The Morgan fingerprint density at radius 1 is 1.25 bits per heavy atom. The monoisotopic (exact) mass is 332 g/mol. The number of halogens is 1. The van der Waals surface area contributed by atoms with Crippen molar-refractivity contribution >= 4 is 5.91 Å². The number of hydrogen-bond donors (Lipinski definition) is 1. The first-order valence-corrected chi connectivity index (χ1v) is 8.12. The molecule has 0 unspecified atom stereocenters. The molecular weight excluding hydrogens is 307 g/mol. The molecular formula is C19H25FN2O2. The lowest BCUT2D eigenvalue weighted by Crippen LogP contribution is -2.32. The highest BCUT2D eigenvalue weighted by Gasteiger charge is 2.23. The SMILES string of the molecule is Cc1noc(C)c1CC(=O)N[C@@H](CC(C)(C)C)c1ccc(F)cc1. The van der Waals surface area contributed by atoms with Crippen molar-refractivity contribution in [3.8, 4) is 0 Å². The number of amides is 1. The molecule has 0 fully saturated rings. The average molecular weight is 332 g/mol. The van der Waals surface area contributed by atoms with Crippen molar-refractivity contribution in [2.24, 2.45) is 5.41 Å². The van der Waals surface area contributed by atoms with Crippen LogP contribution in [0.5, 0.6) is 0 Å². The first-order valence-electron chi connectivity index (χ1n) is 8.12. The summed E-state index contributed by atoms with van der Waals surface area (Å²) in [6.45, 7) is 9.97. The van der Waals surface area contributed by atoms with E-state index >= 15 is 0 Å². The van der Waals surface area contributed by atoms with Crippen LogP contribution in [-0.2, 0) is 11.2 Å². The standard InChI is InChI=1S/C19H25FN2O2/c1-12-16(13(2)24-22-12)10-18(23)21-17(11-19(3,4)5)14-6-8-15(20)9-7-14/h6-9,17H,10-11H2,1-5H3,(H,21,23)/t17-/m0/s1. The van der Waals surface area contributed by atoms with E-state index in [1.807, 2.05) is 6.92 Å². The van der Waals surface area contributed by atoms with Gasteiger partial charge in [-0.25, -0.2) is 4.39 Å². The molecule has 4 nitrogen and oxygen atoms in total. The quantitative estimate of drug-likeness (QED) is 0.890. The second kappa shape index (κ2) is 7.16. The molecule has 1 N–H and O–H groups in total. The molecule has 1 heterocycles. The van der Waals surface area contributed by atoms with Gasteiger partial charge in [0.05, 0.1) is 18.2 Å². The van der Waals surface area contributed by atoms with Crippen LogP contribution in [0.1, 0.15) is 55.8 Å². The zero-order valence-corrected chi connectivity index (χ0v) is 14.9. The molecule has 130 valence electrons. The summed E-state index contributed by atoms with van der Waals surface area (Å²) in [6.07, 6.45) is 0.981. The number of rotatable bonds is 5. The van der Waals surface area contributed by atoms with E-state index in [1.54, 1.807) is 19.1 Å². The van der Waals surface area contributed by atoms with Crippen LogP contribution in [0.25, 0.3) is 0 Å². The van der Waals surface area contributed by atoms with E-state index in [0.29, 0.717) is 5.76 Å². The lowest BCUT2D eigenvalue weighted by Gasteiger charge is -2.27. The van der Waals surface area contributed by atoms with Gasteiger partial charge in [0.25, 0.3) is 0 Å². The summed E-state index contributed by atoms with van der Waals surface area (Å²) in [4.78, 5) is 12.5. The van der Waals surface area contributed by atoms with Crippen LogP contribution < -0.4 is 5.32 Å². The maximum absolute atomic E-state index is 13.2. The Bertz CT molecular complexity index is 680. The van der Waals surface area contributed by atoms with Gasteiger partial charge in [0.2, 0.25) is 5.91 Å². The molecule has 1 atom stereocenters. The van der Waals surface area contributed by atoms with Crippen LogP contribution in [0, 0.1) is 25.1 Å². The third-order valence-electron chi connectivity index (χ3n) is 3.94. The fraction of sp³-hybridized carbons (Fsp3) is 0.474. The highest BCUT2D eigenvalue weighted by atomic mass is 19.1. The molecule has 0 aliphatic carbocycles. The smallest absolute Gasteiger partial charge is 0.225 e. The van der Waals surface area contributed by atoms with Crippen molar-refractivity contribution in [3.63, 3.8) is 0 Å². The first kappa shape index (κ1) is 18.2. The lowest BCUT2D eigenvalue weighted by atomic mass is 9.85. The maximum atomic E-state index is 13.2. The number of aromatic nitrogens is 1. The first-order chi connectivity index (χ1) is 11.2. The van der Waals surface area contributed by atoms with Gasteiger partial charge in [0, 0.05) is 5.56 Å². The summed E-state index contributed by atoms with van der Waals surface area (Å²) >= 11 is 0. The normalized spacial score (nSPS) is 12.9. The summed E-state index contributed by atoms with van der Waals surface area (Å²) < 4.78 is 18.3. The topological polar surface area (TPSA) is 55.1 Å². The minimum absolute atomic E-state index is 0.0232. The Labute approximate surface area is 142 Å². The van der Waals surface area contributed by atoms with Gasteiger partial charge in [-0.3, -0.25) is 4.79 Å². The predicted molar refractivity (Wildman–Crippen MR) is 91.0 cm³/mol. The van der Waals surface area contributed by atoms with Gasteiger partial charge < -0.3 is 9.84 Å². The van der Waals surface area contributed by atoms with Crippen molar-refractivity contribution in [1.82, 2.24) is 10.5 Å². The van der Waals surface area contributed by atoms with E-state index in [2.05, 4.69) is 31.2 Å². The van der Waals surface area contributed by atoms with Crippen molar-refractivity contribution in [2.75, 3.05) is 0 Å². The molecule has 1 aromatic heterocycles. The van der Waals surface area contributed by atoms with E-state index < -0.39 is 0 Å². The predicted octanol–water partition coefficient (Wildman–Crippen LogP) is 4.27. The van der Waals surface area contributed by atoms with Crippen LogP contribution in [0.2, 0.25) is 0 Å². The Balaban J connectivity index is 2.15. The number of carbonyl (C=O) groups excluding carboxylic acids is 1. The Morgan fingerprint density at radius 3 is 2.38 bits per heavy atom. The van der Waals surface area contributed by atoms with Gasteiger partial charge in [-0.1, -0.05) is 38.1 Å². The summed E-state index contributed by atoms with van der Waals surface area (Å²) in [6, 6.07) is 6.12. The molecule has 1 amide bonds. The molecule has 0 saturated heterocycles. The van der Waals surface area contributed by atoms with E-state index in [-0.39, 0.29) is 29.6 Å². The fourth-order valence-corrected chi connectivity index (χ4v) is 2.72. The second-order valence-electron chi connectivity index (χ2n) is 7.42. The molecule has 0 saturated carbocycles. The second-order valence-corrected chi connectivity index (χ2v) is 7.42. The molecule has 0 spiro atoms. The summed E-state index contributed by atoms with van der Waals surface area (Å²) in [5.74, 6) is 0.287. The van der Waals surface area contributed by atoms with Gasteiger partial charge in [-0.05, 0) is 43.4 Å². The van der Waals surface area contributed by atoms with E-state index in [4.69, 9.17) is 4.52 Å². The van der Waals surface area contributed by atoms with E-state index in [1.165, 1.54) is 12.1 Å². The Hall–Kier alpha value is -2.17. The lowest BCUT2D eigenvalue weighted by molar-refractivity contribution is -0.121. The van der Waals surface area contributed by atoms with Crippen molar-refractivity contribution in [3.05, 3.63) is 52.7 Å². The fourth-order valence-electron chi connectivity index (χ4n) is 2.72. The number of hydrogen-bond acceptors (Lipinski definition) is 3. The van der Waals surface area contributed by atoms with Crippen molar-refractivity contribution < 1.29 is 13.7 Å². The van der Waals surface area contributed by atoms with Gasteiger partial charge in [0.1, 0.15) is 11.6 Å². The number of benzene rings is 1. The number of nitrogens with one attached hydrogen (secondary N) is 1. The highest BCUT2D eigenvalue weighted by Crippen LogP contribution is 2.29. The zero-order valence-electron chi connectivity index (χ0n) is 14.9. The molecule has 2 rings (SSSR count). The molecule has 1 aromatic carbocycles. The summed E-state index contributed by atoms with van der Waals surface area (Å²) in [5.41, 5.74) is 2.48. The number of nitrogens with zero attached hydrogens (tertiary/aromatic N) is 1. The van der Waals surface area contributed by atoms with Crippen molar-refractivity contribution in [1.29, 1.82) is 0 Å². The highest BCUT2D eigenvalue weighted by molar-refractivity contribution is 5.79. The number of carbonyl (C=O) groups is 1. The zero-order chi connectivity index (χ0) is 17.9. The third kappa shape index (κ3) is 4.91. The van der Waals surface area contributed by atoms with Gasteiger partial charge >= 0.3 is 0 Å². The van der Waals surface area contributed by atoms with E-state index in [9.17, 15) is 9.18 Å². The van der Waals surface area contributed by atoms with Crippen LogP contribution >= 0.6 is 0 Å². The van der Waals surface area contributed by atoms with Gasteiger partial charge in [-0.15, -0.1) is 0 Å². The molecule has 0 bridgehead atoms. The third-order valence-corrected chi connectivity index (χ3v) is 3.94. The summed E-state index contributed by atoms with van der Waals surface area (Å²) in [7, 11) is 0.